The normalized spacial score (nSPS) is 10.6. The molecule has 78 valence electrons. The summed E-state index contributed by atoms with van der Waals surface area (Å²) < 4.78 is 13.5. The fraction of sp³-hybridized carbons (Fsp3) is 0.182. The maximum absolute atomic E-state index is 13.5. The lowest BCUT2D eigenvalue weighted by Gasteiger charge is -2.00. The van der Waals surface area contributed by atoms with Crippen molar-refractivity contribution < 1.29 is 4.39 Å². The Morgan fingerprint density at radius 1 is 1.40 bits per heavy atom. The molecule has 15 heavy (non-hydrogen) atoms. The van der Waals surface area contributed by atoms with Gasteiger partial charge in [-0.05, 0) is 24.6 Å². The first-order valence-corrected chi connectivity index (χ1v) is 5.69. The van der Waals surface area contributed by atoms with E-state index in [1.807, 2.05) is 19.1 Å². The summed E-state index contributed by atoms with van der Waals surface area (Å²) in [5.74, 6) is -0.204. The molecule has 1 N–H and O–H groups in total. The summed E-state index contributed by atoms with van der Waals surface area (Å²) in [6, 6.07) is 7.04. The summed E-state index contributed by atoms with van der Waals surface area (Å²) in [7, 11) is 0. The zero-order chi connectivity index (χ0) is 10.8. The molecule has 2 nitrogen and oxygen atoms in total. The predicted octanol–water partition coefficient (Wildman–Crippen LogP) is 3.42. The number of hydrogen-bond donors (Lipinski definition) is 1. The molecule has 0 spiro atoms. The van der Waals surface area contributed by atoms with Crippen molar-refractivity contribution in [3.05, 3.63) is 41.3 Å². The predicted molar refractivity (Wildman–Crippen MR) is 61.3 cm³/mol. The highest BCUT2D eigenvalue weighted by Crippen LogP contribution is 2.21. The van der Waals surface area contributed by atoms with E-state index in [0.717, 1.165) is 17.0 Å². The molecule has 0 aliphatic heterocycles. The second-order valence-electron chi connectivity index (χ2n) is 3.38. The van der Waals surface area contributed by atoms with Gasteiger partial charge in [-0.15, -0.1) is 0 Å². The van der Waals surface area contributed by atoms with Crippen molar-refractivity contribution in [1.29, 1.82) is 0 Å². The molecular formula is C11H10BrFN2. The third-order valence-electron chi connectivity index (χ3n) is 2.20. The first-order chi connectivity index (χ1) is 7.20. The summed E-state index contributed by atoms with van der Waals surface area (Å²) in [6.45, 7) is 1.92. The average molecular weight is 269 g/mol. The number of halogens is 2. The lowest BCUT2D eigenvalue weighted by atomic mass is 10.1. The minimum atomic E-state index is -0.204. The van der Waals surface area contributed by atoms with Crippen LogP contribution in [0.3, 0.4) is 0 Å². The van der Waals surface area contributed by atoms with Gasteiger partial charge in [0.05, 0.1) is 5.69 Å². The molecule has 0 unspecified atom stereocenters. The second kappa shape index (κ2) is 4.14. The van der Waals surface area contributed by atoms with E-state index in [2.05, 4.69) is 26.1 Å². The standard InChI is InChI=1S/C11H10BrFN2/c1-7-4-11(15-14-7)8-2-3-9(6-12)10(13)5-8/h2-5H,6H2,1H3,(H,14,15). The highest BCUT2D eigenvalue weighted by atomic mass is 79.9. The molecule has 0 saturated heterocycles. The van der Waals surface area contributed by atoms with E-state index in [1.54, 1.807) is 6.07 Å². The van der Waals surface area contributed by atoms with Gasteiger partial charge in [0, 0.05) is 16.6 Å². The van der Waals surface area contributed by atoms with Gasteiger partial charge < -0.3 is 0 Å². The van der Waals surface area contributed by atoms with Gasteiger partial charge in [0.2, 0.25) is 0 Å². The Morgan fingerprint density at radius 3 is 2.73 bits per heavy atom. The second-order valence-corrected chi connectivity index (χ2v) is 3.94. The highest BCUT2D eigenvalue weighted by Gasteiger charge is 2.06. The van der Waals surface area contributed by atoms with Crippen molar-refractivity contribution in [3.8, 4) is 11.3 Å². The summed E-state index contributed by atoms with van der Waals surface area (Å²) >= 11 is 3.23. The number of benzene rings is 1. The highest BCUT2D eigenvalue weighted by molar-refractivity contribution is 9.08. The fourth-order valence-corrected chi connectivity index (χ4v) is 1.84. The number of aryl methyl sites for hydroxylation is 1. The zero-order valence-electron chi connectivity index (χ0n) is 8.22. The number of H-pyrrole nitrogens is 1. The average Bonchev–Trinajstić information content (AvgIpc) is 2.65. The van der Waals surface area contributed by atoms with E-state index in [4.69, 9.17) is 0 Å². The topological polar surface area (TPSA) is 28.7 Å². The molecule has 0 radical (unpaired) electrons. The monoisotopic (exact) mass is 268 g/mol. The Hall–Kier alpha value is -1.16. The van der Waals surface area contributed by atoms with E-state index in [0.29, 0.717) is 10.9 Å². The molecule has 2 aromatic rings. The van der Waals surface area contributed by atoms with Crippen molar-refractivity contribution >= 4 is 15.9 Å². The largest absolute Gasteiger partial charge is 0.282 e. The van der Waals surface area contributed by atoms with Gasteiger partial charge >= 0.3 is 0 Å². The number of nitrogens with zero attached hydrogens (tertiary/aromatic N) is 1. The van der Waals surface area contributed by atoms with Crippen LogP contribution in [0.2, 0.25) is 0 Å². The van der Waals surface area contributed by atoms with Gasteiger partial charge in [0.15, 0.2) is 0 Å². The van der Waals surface area contributed by atoms with Crippen LogP contribution in [0.15, 0.2) is 24.3 Å². The van der Waals surface area contributed by atoms with Crippen LogP contribution in [-0.4, -0.2) is 10.2 Å². The molecule has 0 bridgehead atoms. The Balaban J connectivity index is 2.42. The quantitative estimate of drug-likeness (QED) is 0.831. The Morgan fingerprint density at radius 2 is 2.20 bits per heavy atom. The summed E-state index contributed by atoms with van der Waals surface area (Å²) in [5.41, 5.74) is 3.19. The summed E-state index contributed by atoms with van der Waals surface area (Å²) in [6.07, 6.45) is 0. The maximum Gasteiger partial charge on any atom is 0.127 e. The van der Waals surface area contributed by atoms with Crippen LogP contribution in [0.1, 0.15) is 11.3 Å². The third kappa shape index (κ3) is 2.09. The van der Waals surface area contributed by atoms with Crippen LogP contribution in [0, 0.1) is 12.7 Å². The molecular weight excluding hydrogens is 259 g/mol. The van der Waals surface area contributed by atoms with Crippen LogP contribution in [0.5, 0.6) is 0 Å². The van der Waals surface area contributed by atoms with Gasteiger partial charge in [-0.2, -0.15) is 5.10 Å². The molecule has 1 aromatic carbocycles. The lowest BCUT2D eigenvalue weighted by Crippen LogP contribution is -1.87. The minimum Gasteiger partial charge on any atom is -0.282 e. The van der Waals surface area contributed by atoms with Gasteiger partial charge in [0.25, 0.3) is 0 Å². The molecule has 1 aromatic heterocycles. The molecule has 0 aliphatic carbocycles. The number of rotatable bonds is 2. The molecule has 0 aliphatic rings. The van der Waals surface area contributed by atoms with Crippen molar-refractivity contribution in [3.63, 3.8) is 0 Å². The minimum absolute atomic E-state index is 0.204. The number of alkyl halides is 1. The van der Waals surface area contributed by atoms with Gasteiger partial charge in [-0.3, -0.25) is 5.10 Å². The number of hydrogen-bond acceptors (Lipinski definition) is 1. The molecule has 0 fully saturated rings. The van der Waals surface area contributed by atoms with E-state index in [1.165, 1.54) is 6.07 Å². The third-order valence-corrected chi connectivity index (χ3v) is 2.80. The van der Waals surface area contributed by atoms with E-state index in [9.17, 15) is 4.39 Å². The first-order valence-electron chi connectivity index (χ1n) is 4.57. The van der Waals surface area contributed by atoms with Crippen molar-refractivity contribution in [1.82, 2.24) is 10.2 Å². The Kier molecular flexibility index (Phi) is 2.86. The summed E-state index contributed by atoms with van der Waals surface area (Å²) in [5, 5.41) is 7.44. The Bertz CT molecular complexity index is 479. The lowest BCUT2D eigenvalue weighted by molar-refractivity contribution is 0.618. The van der Waals surface area contributed by atoms with Crippen LogP contribution >= 0.6 is 15.9 Å². The van der Waals surface area contributed by atoms with E-state index >= 15 is 0 Å². The summed E-state index contributed by atoms with van der Waals surface area (Å²) in [4.78, 5) is 0. The van der Waals surface area contributed by atoms with Crippen molar-refractivity contribution in [2.24, 2.45) is 0 Å². The van der Waals surface area contributed by atoms with Crippen LogP contribution < -0.4 is 0 Å². The Labute approximate surface area is 95.6 Å². The molecule has 0 amide bonds. The van der Waals surface area contributed by atoms with E-state index < -0.39 is 0 Å². The molecule has 1 heterocycles. The van der Waals surface area contributed by atoms with Crippen LogP contribution in [0.4, 0.5) is 4.39 Å². The zero-order valence-corrected chi connectivity index (χ0v) is 9.81. The number of aromatic amines is 1. The fourth-order valence-electron chi connectivity index (χ4n) is 1.38. The SMILES string of the molecule is Cc1cc(-c2ccc(CBr)c(F)c2)n[nH]1. The molecule has 0 saturated carbocycles. The maximum atomic E-state index is 13.5. The first kappa shape index (κ1) is 10.4. The molecule has 2 rings (SSSR count). The van der Waals surface area contributed by atoms with Crippen LogP contribution in [0.25, 0.3) is 11.3 Å². The smallest absolute Gasteiger partial charge is 0.127 e. The number of nitrogens with one attached hydrogen (secondary N) is 1. The van der Waals surface area contributed by atoms with Gasteiger partial charge in [0.1, 0.15) is 5.82 Å². The van der Waals surface area contributed by atoms with Gasteiger partial charge in [-0.25, -0.2) is 4.39 Å². The van der Waals surface area contributed by atoms with Crippen LogP contribution in [-0.2, 0) is 5.33 Å². The van der Waals surface area contributed by atoms with E-state index in [-0.39, 0.29) is 5.82 Å². The number of aromatic nitrogens is 2. The van der Waals surface area contributed by atoms with Gasteiger partial charge in [-0.1, -0.05) is 28.1 Å². The van der Waals surface area contributed by atoms with Crippen molar-refractivity contribution in [2.45, 2.75) is 12.3 Å². The molecule has 4 heteroatoms. The van der Waals surface area contributed by atoms with Crippen molar-refractivity contribution in [2.75, 3.05) is 0 Å². The molecule has 0 atom stereocenters.